The summed E-state index contributed by atoms with van der Waals surface area (Å²) < 4.78 is 11.1. The molecule has 2 aromatic rings. The van der Waals surface area contributed by atoms with Crippen LogP contribution in [0.5, 0.6) is 0 Å². The average Bonchev–Trinajstić information content (AvgIpc) is 2.85. The van der Waals surface area contributed by atoms with Crippen molar-refractivity contribution in [1.82, 2.24) is 4.98 Å². The molecule has 0 aliphatic heterocycles. The minimum absolute atomic E-state index is 0. The molecule has 1 heterocycles. The van der Waals surface area contributed by atoms with E-state index in [9.17, 15) is 9.59 Å². The summed E-state index contributed by atoms with van der Waals surface area (Å²) in [6.45, 7) is 0. The first-order valence-electron chi connectivity index (χ1n) is 5.49. The zero-order valence-corrected chi connectivity index (χ0v) is 11.8. The molecule has 0 bridgehead atoms. The van der Waals surface area contributed by atoms with Gasteiger partial charge in [0, 0.05) is 0 Å². The number of methoxy groups -OCH3 is 1. The maximum absolute atomic E-state index is 11.4. The molecule has 1 aromatic carbocycles. The van der Waals surface area contributed by atoms with Crippen LogP contribution < -0.4 is 0 Å². The number of hydrogen-bond acceptors (Lipinski definition) is 7. The van der Waals surface area contributed by atoms with Crippen molar-refractivity contribution in [3.8, 4) is 0 Å². The van der Waals surface area contributed by atoms with Crippen LogP contribution in [0, 0.1) is 0 Å². The zero-order chi connectivity index (χ0) is 13.7. The van der Waals surface area contributed by atoms with Crippen molar-refractivity contribution in [3.05, 3.63) is 24.3 Å². The van der Waals surface area contributed by atoms with E-state index in [1.807, 2.05) is 24.3 Å². The fourth-order valence-corrected chi connectivity index (χ4v) is 2.90. The molecule has 0 saturated heterocycles. The fourth-order valence-electron chi connectivity index (χ4n) is 1.32. The van der Waals surface area contributed by atoms with Crippen LogP contribution in [-0.2, 0) is 18.5 Å². The Balaban J connectivity index is 0.00000200. The molecule has 5 nitrogen and oxygen atoms in total. The van der Waals surface area contributed by atoms with Crippen molar-refractivity contribution in [1.29, 1.82) is 0 Å². The quantitative estimate of drug-likeness (QED) is 0.478. The molecular formula is C12H12NNaO4S2. The van der Waals surface area contributed by atoms with Crippen LogP contribution in [0.1, 0.15) is 12.8 Å². The van der Waals surface area contributed by atoms with Gasteiger partial charge in [-0.15, -0.1) is 11.3 Å². The molecule has 2 rings (SSSR count). The van der Waals surface area contributed by atoms with Gasteiger partial charge in [-0.2, -0.15) is 0 Å². The van der Waals surface area contributed by atoms with Gasteiger partial charge in [0.2, 0.25) is 0 Å². The molecule has 0 N–H and O–H groups in total. The molecule has 0 spiro atoms. The second-order valence-electron chi connectivity index (χ2n) is 3.56. The topological polar surface area (TPSA) is 65.5 Å². The number of carbonyl (C=O) groups is 2. The van der Waals surface area contributed by atoms with Crippen molar-refractivity contribution in [3.63, 3.8) is 0 Å². The minimum atomic E-state index is -0.463. The third kappa shape index (κ3) is 5.06. The number of fused-ring (bicyclic) bond motifs is 1. The zero-order valence-electron chi connectivity index (χ0n) is 10.1. The predicted octanol–water partition coefficient (Wildman–Crippen LogP) is 2.15. The molecule has 0 atom stereocenters. The Morgan fingerprint density at radius 3 is 2.65 bits per heavy atom. The maximum atomic E-state index is 11.4. The molecular weight excluding hydrogens is 309 g/mol. The van der Waals surface area contributed by atoms with Crippen molar-refractivity contribution >= 4 is 75.1 Å². The van der Waals surface area contributed by atoms with Crippen LogP contribution in [0.4, 0.5) is 0 Å². The Morgan fingerprint density at radius 1 is 1.25 bits per heavy atom. The van der Waals surface area contributed by atoms with Crippen LogP contribution in [0.2, 0.25) is 0 Å². The molecule has 0 aliphatic rings. The number of ether oxygens (including phenoxy) is 1. The molecule has 0 aliphatic carbocycles. The second kappa shape index (κ2) is 8.63. The SMILES string of the molecule is COC(=O)CCC(=O)OSc1nc2ccccc2s1.[NaH]. The number of para-hydroxylation sites is 1. The Bertz CT molecular complexity index is 569. The number of nitrogens with zero attached hydrogens (tertiary/aromatic N) is 1. The number of esters is 1. The first kappa shape index (κ1) is 17.5. The number of hydrogen-bond donors (Lipinski definition) is 0. The Labute approximate surface area is 146 Å². The van der Waals surface area contributed by atoms with Crippen LogP contribution >= 0.6 is 23.4 Å². The van der Waals surface area contributed by atoms with E-state index < -0.39 is 11.9 Å². The van der Waals surface area contributed by atoms with Gasteiger partial charge < -0.3 is 8.92 Å². The van der Waals surface area contributed by atoms with Crippen molar-refractivity contribution in [2.24, 2.45) is 0 Å². The van der Waals surface area contributed by atoms with Crippen molar-refractivity contribution in [2.75, 3.05) is 7.11 Å². The first-order chi connectivity index (χ1) is 9.19. The van der Waals surface area contributed by atoms with Gasteiger partial charge in [0.25, 0.3) is 0 Å². The summed E-state index contributed by atoms with van der Waals surface area (Å²) in [5.41, 5.74) is 0.876. The molecule has 20 heavy (non-hydrogen) atoms. The summed E-state index contributed by atoms with van der Waals surface area (Å²) in [5.74, 6) is -0.892. The molecule has 1 aromatic heterocycles. The van der Waals surface area contributed by atoms with E-state index in [2.05, 4.69) is 9.72 Å². The number of aromatic nitrogens is 1. The Kier molecular flexibility index (Phi) is 7.53. The van der Waals surface area contributed by atoms with E-state index in [1.54, 1.807) is 0 Å². The van der Waals surface area contributed by atoms with Gasteiger partial charge in [0.15, 0.2) is 4.34 Å². The number of benzene rings is 1. The van der Waals surface area contributed by atoms with Crippen molar-refractivity contribution < 1.29 is 18.5 Å². The predicted molar refractivity (Wildman–Crippen MR) is 80.0 cm³/mol. The van der Waals surface area contributed by atoms with Crippen LogP contribution in [0.25, 0.3) is 10.2 Å². The molecule has 102 valence electrons. The summed E-state index contributed by atoms with van der Waals surface area (Å²) in [6.07, 6.45) is 0.0281. The van der Waals surface area contributed by atoms with Gasteiger partial charge in [0.1, 0.15) is 12.0 Å². The molecule has 0 unspecified atom stereocenters. The Morgan fingerprint density at radius 2 is 1.95 bits per heavy atom. The van der Waals surface area contributed by atoms with E-state index in [0.717, 1.165) is 22.3 Å². The second-order valence-corrected chi connectivity index (χ2v) is 5.57. The standard InChI is InChI=1S/C12H11NO4S2.Na.H/c1-16-10(14)6-7-11(15)17-19-12-13-8-4-2-3-5-9(8)18-12;;/h2-5H,6-7H2,1H3;;. The molecule has 0 saturated carbocycles. The summed E-state index contributed by atoms with van der Waals surface area (Å²) in [4.78, 5) is 26.5. The number of thiazole rings is 1. The van der Waals surface area contributed by atoms with E-state index in [1.165, 1.54) is 18.4 Å². The van der Waals surface area contributed by atoms with Gasteiger partial charge in [-0.25, -0.2) is 4.98 Å². The van der Waals surface area contributed by atoms with E-state index in [-0.39, 0.29) is 42.4 Å². The van der Waals surface area contributed by atoms with E-state index in [4.69, 9.17) is 4.18 Å². The van der Waals surface area contributed by atoms with Crippen LogP contribution in [0.15, 0.2) is 28.6 Å². The van der Waals surface area contributed by atoms with Gasteiger partial charge in [-0.05, 0) is 12.1 Å². The van der Waals surface area contributed by atoms with Crippen molar-refractivity contribution in [2.45, 2.75) is 17.2 Å². The van der Waals surface area contributed by atoms with Crippen LogP contribution in [0.3, 0.4) is 0 Å². The molecule has 0 fully saturated rings. The summed E-state index contributed by atoms with van der Waals surface area (Å²) >= 11 is 2.37. The fraction of sp³-hybridized carbons (Fsp3) is 0.250. The molecule has 8 heteroatoms. The van der Waals surface area contributed by atoms with E-state index >= 15 is 0 Å². The summed E-state index contributed by atoms with van der Waals surface area (Å²) in [6, 6.07) is 7.68. The molecule has 0 amide bonds. The normalized spacial score (nSPS) is 9.85. The number of carbonyl (C=O) groups excluding carboxylic acids is 2. The average molecular weight is 321 g/mol. The van der Waals surface area contributed by atoms with Gasteiger partial charge in [-0.1, -0.05) is 12.1 Å². The molecule has 0 radical (unpaired) electrons. The van der Waals surface area contributed by atoms with Crippen LogP contribution in [-0.4, -0.2) is 53.6 Å². The van der Waals surface area contributed by atoms with Gasteiger partial charge in [-0.3, -0.25) is 9.59 Å². The third-order valence-electron chi connectivity index (χ3n) is 2.24. The monoisotopic (exact) mass is 321 g/mol. The third-order valence-corrected chi connectivity index (χ3v) is 4.03. The van der Waals surface area contributed by atoms with Gasteiger partial charge >= 0.3 is 41.5 Å². The van der Waals surface area contributed by atoms with E-state index in [0.29, 0.717) is 4.34 Å². The summed E-state index contributed by atoms with van der Waals surface area (Å²) in [7, 11) is 1.28. The first-order valence-corrected chi connectivity index (χ1v) is 7.04. The Hall–Kier alpha value is -0.600. The van der Waals surface area contributed by atoms with Gasteiger partial charge in [0.05, 0.1) is 30.2 Å². The summed E-state index contributed by atoms with van der Waals surface area (Å²) in [5, 5.41) is 0. The number of rotatable bonds is 5.